The van der Waals surface area contributed by atoms with Crippen molar-refractivity contribution in [1.29, 1.82) is 0 Å². The molecule has 0 spiro atoms. The number of aryl methyl sites for hydroxylation is 1. The fraction of sp³-hybridized carbons (Fsp3) is 0.316. The van der Waals surface area contributed by atoms with Gasteiger partial charge in [-0.2, -0.15) is 0 Å². The predicted octanol–water partition coefficient (Wildman–Crippen LogP) is 3.05. The zero-order valence-corrected chi connectivity index (χ0v) is 15.3. The number of nitrogens with zero attached hydrogens (tertiary/aromatic N) is 3. The average molecular weight is 370 g/mol. The lowest BCUT2D eigenvalue weighted by Crippen LogP contribution is -2.42. The molecule has 3 heterocycles. The average Bonchev–Trinajstić information content (AvgIpc) is 2.66. The largest absolute Gasteiger partial charge is 0.374 e. The van der Waals surface area contributed by atoms with E-state index in [9.17, 15) is 0 Å². The summed E-state index contributed by atoms with van der Waals surface area (Å²) in [6.07, 6.45) is 3.47. The zero-order chi connectivity index (χ0) is 17.9. The molecule has 3 aromatic rings. The van der Waals surface area contributed by atoms with Crippen LogP contribution < -0.4 is 10.6 Å². The quantitative estimate of drug-likeness (QED) is 0.736. The molecule has 1 aromatic carbocycles. The maximum absolute atomic E-state index is 6.23. The molecule has 1 aliphatic heterocycles. The smallest absolute Gasteiger partial charge is 0.154 e. The molecule has 26 heavy (non-hydrogen) atoms. The molecule has 7 heteroatoms. The monoisotopic (exact) mass is 369 g/mol. The van der Waals surface area contributed by atoms with Crippen molar-refractivity contribution in [3.63, 3.8) is 0 Å². The topological polar surface area (TPSA) is 72.0 Å². The molecule has 0 amide bonds. The van der Waals surface area contributed by atoms with Gasteiger partial charge in [-0.05, 0) is 36.8 Å². The van der Waals surface area contributed by atoms with Gasteiger partial charge in [0.1, 0.15) is 5.52 Å². The molecule has 0 bridgehead atoms. The summed E-state index contributed by atoms with van der Waals surface area (Å²) in [5, 5.41) is 7.41. The van der Waals surface area contributed by atoms with Crippen LogP contribution >= 0.6 is 11.6 Å². The van der Waals surface area contributed by atoms with Gasteiger partial charge in [0.25, 0.3) is 0 Å². The number of benzene rings is 1. The molecule has 1 fully saturated rings. The van der Waals surface area contributed by atoms with Crippen LogP contribution in [0.3, 0.4) is 0 Å². The summed E-state index contributed by atoms with van der Waals surface area (Å²) < 4.78 is 5.75. The summed E-state index contributed by atoms with van der Waals surface area (Å²) in [6, 6.07) is 7.85. The Morgan fingerprint density at radius 1 is 1.23 bits per heavy atom. The summed E-state index contributed by atoms with van der Waals surface area (Å²) in [6.45, 7) is 5.12. The fourth-order valence-corrected chi connectivity index (χ4v) is 3.38. The second-order valence-electron chi connectivity index (χ2n) is 6.38. The first-order valence-electron chi connectivity index (χ1n) is 8.64. The number of anilines is 1. The normalized spacial score (nSPS) is 17.4. The van der Waals surface area contributed by atoms with Crippen molar-refractivity contribution < 1.29 is 4.74 Å². The highest BCUT2D eigenvalue weighted by atomic mass is 35.5. The van der Waals surface area contributed by atoms with Crippen LogP contribution in [0.2, 0.25) is 5.02 Å². The minimum Gasteiger partial charge on any atom is -0.374 e. The molecule has 6 nitrogen and oxygen atoms in total. The number of halogens is 1. The highest BCUT2D eigenvalue weighted by Crippen LogP contribution is 2.28. The predicted molar refractivity (Wildman–Crippen MR) is 104 cm³/mol. The minimum atomic E-state index is 0.106. The SMILES string of the molecule is Cc1cc(Cl)cc(-c2cc3nccnc3c(NC[C@@H]3CNCCO3)n2)c1. The number of hydrogen-bond acceptors (Lipinski definition) is 6. The Hall–Kier alpha value is -2.28. The minimum absolute atomic E-state index is 0.106. The molecular weight excluding hydrogens is 350 g/mol. The van der Waals surface area contributed by atoms with Crippen molar-refractivity contribution in [2.45, 2.75) is 13.0 Å². The molecule has 1 saturated heterocycles. The van der Waals surface area contributed by atoms with E-state index in [0.717, 1.165) is 47.6 Å². The van der Waals surface area contributed by atoms with Crippen LogP contribution in [0.15, 0.2) is 36.7 Å². The molecule has 0 aliphatic carbocycles. The number of aromatic nitrogens is 3. The van der Waals surface area contributed by atoms with Crippen molar-refractivity contribution >= 4 is 28.5 Å². The van der Waals surface area contributed by atoms with E-state index < -0.39 is 0 Å². The Kier molecular flexibility index (Phi) is 4.97. The molecule has 2 aromatic heterocycles. The molecule has 4 rings (SSSR count). The maximum atomic E-state index is 6.23. The molecule has 0 unspecified atom stereocenters. The Morgan fingerprint density at radius 3 is 2.92 bits per heavy atom. The Morgan fingerprint density at radius 2 is 2.12 bits per heavy atom. The van der Waals surface area contributed by atoms with Crippen LogP contribution in [0.5, 0.6) is 0 Å². The van der Waals surface area contributed by atoms with Crippen molar-refractivity contribution in [3.05, 3.63) is 47.2 Å². The third-order valence-corrected chi connectivity index (χ3v) is 4.51. The second-order valence-corrected chi connectivity index (χ2v) is 6.81. The van der Waals surface area contributed by atoms with Gasteiger partial charge >= 0.3 is 0 Å². The lowest BCUT2D eigenvalue weighted by Gasteiger charge is -2.24. The lowest BCUT2D eigenvalue weighted by molar-refractivity contribution is 0.0372. The number of ether oxygens (including phenoxy) is 1. The standard InChI is InChI=1S/C19H20ClN5O/c1-12-6-13(8-14(20)7-12)16-9-17-18(23-3-2-22-17)19(25-16)24-11-15-10-21-4-5-26-15/h2-3,6-9,15,21H,4-5,10-11H2,1H3,(H,24,25)/t15-/m0/s1. The summed E-state index contributed by atoms with van der Waals surface area (Å²) >= 11 is 6.23. The van der Waals surface area contributed by atoms with Gasteiger partial charge in [0.15, 0.2) is 5.82 Å². The summed E-state index contributed by atoms with van der Waals surface area (Å²) in [4.78, 5) is 13.7. The Labute approximate surface area is 157 Å². The molecule has 0 radical (unpaired) electrons. The van der Waals surface area contributed by atoms with Crippen molar-refractivity contribution in [2.24, 2.45) is 0 Å². The Balaban J connectivity index is 1.70. The van der Waals surface area contributed by atoms with Gasteiger partial charge in [0.2, 0.25) is 0 Å². The van der Waals surface area contributed by atoms with Gasteiger partial charge in [0, 0.05) is 42.6 Å². The van der Waals surface area contributed by atoms with Crippen molar-refractivity contribution in [3.8, 4) is 11.3 Å². The summed E-state index contributed by atoms with van der Waals surface area (Å²) in [7, 11) is 0. The van der Waals surface area contributed by atoms with E-state index in [0.29, 0.717) is 17.4 Å². The van der Waals surface area contributed by atoms with E-state index in [4.69, 9.17) is 21.3 Å². The van der Waals surface area contributed by atoms with Crippen LogP contribution in [-0.4, -0.2) is 47.3 Å². The third-order valence-electron chi connectivity index (χ3n) is 4.30. The van der Waals surface area contributed by atoms with E-state index in [1.54, 1.807) is 12.4 Å². The Bertz CT molecular complexity index is 907. The highest BCUT2D eigenvalue weighted by molar-refractivity contribution is 6.31. The van der Waals surface area contributed by atoms with Gasteiger partial charge in [-0.15, -0.1) is 0 Å². The fourth-order valence-electron chi connectivity index (χ4n) is 3.09. The number of nitrogens with one attached hydrogen (secondary N) is 2. The third kappa shape index (κ3) is 3.77. The van der Waals surface area contributed by atoms with Crippen LogP contribution in [0, 0.1) is 6.92 Å². The van der Waals surface area contributed by atoms with E-state index >= 15 is 0 Å². The second kappa shape index (κ2) is 7.53. The van der Waals surface area contributed by atoms with Gasteiger partial charge < -0.3 is 15.4 Å². The molecule has 2 N–H and O–H groups in total. The van der Waals surface area contributed by atoms with Gasteiger partial charge in [0.05, 0.1) is 23.9 Å². The molecule has 0 saturated carbocycles. The number of hydrogen-bond donors (Lipinski definition) is 2. The van der Waals surface area contributed by atoms with E-state index in [2.05, 4.69) is 26.7 Å². The van der Waals surface area contributed by atoms with Crippen LogP contribution in [-0.2, 0) is 4.74 Å². The van der Waals surface area contributed by atoms with E-state index in [1.807, 2.05) is 25.1 Å². The van der Waals surface area contributed by atoms with Gasteiger partial charge in [-0.25, -0.2) is 9.97 Å². The van der Waals surface area contributed by atoms with Crippen LogP contribution in [0.25, 0.3) is 22.3 Å². The summed E-state index contributed by atoms with van der Waals surface area (Å²) in [5.41, 5.74) is 4.40. The first-order chi connectivity index (χ1) is 12.7. The van der Waals surface area contributed by atoms with Crippen LogP contribution in [0.1, 0.15) is 5.56 Å². The summed E-state index contributed by atoms with van der Waals surface area (Å²) in [5.74, 6) is 0.706. The molecule has 134 valence electrons. The van der Waals surface area contributed by atoms with Gasteiger partial charge in [-0.1, -0.05) is 11.6 Å². The highest BCUT2D eigenvalue weighted by Gasteiger charge is 2.15. The number of pyridine rings is 1. The first kappa shape index (κ1) is 17.1. The number of rotatable bonds is 4. The molecule has 1 aliphatic rings. The van der Waals surface area contributed by atoms with E-state index in [1.165, 1.54) is 0 Å². The zero-order valence-electron chi connectivity index (χ0n) is 14.5. The molecule has 1 atom stereocenters. The van der Waals surface area contributed by atoms with Crippen LogP contribution in [0.4, 0.5) is 5.82 Å². The maximum Gasteiger partial charge on any atom is 0.154 e. The van der Waals surface area contributed by atoms with E-state index in [-0.39, 0.29) is 6.10 Å². The molecular formula is C19H20ClN5O. The number of fused-ring (bicyclic) bond motifs is 1. The van der Waals surface area contributed by atoms with Crippen molar-refractivity contribution in [1.82, 2.24) is 20.3 Å². The van der Waals surface area contributed by atoms with Crippen molar-refractivity contribution in [2.75, 3.05) is 31.6 Å². The first-order valence-corrected chi connectivity index (χ1v) is 9.02. The lowest BCUT2D eigenvalue weighted by atomic mass is 10.1. The van der Waals surface area contributed by atoms with Gasteiger partial charge in [-0.3, -0.25) is 4.98 Å². The number of morpholine rings is 1.